The summed E-state index contributed by atoms with van der Waals surface area (Å²) in [5.41, 5.74) is 3.88. The van der Waals surface area contributed by atoms with Crippen LogP contribution in [0.2, 0.25) is 5.02 Å². The van der Waals surface area contributed by atoms with Crippen molar-refractivity contribution in [3.63, 3.8) is 0 Å². The van der Waals surface area contributed by atoms with Crippen molar-refractivity contribution in [2.75, 3.05) is 5.32 Å². The number of halogens is 1. The molecular formula is C18H13ClN4. The molecule has 2 aromatic heterocycles. The first-order valence-electron chi connectivity index (χ1n) is 7.22. The fourth-order valence-corrected chi connectivity index (χ4v) is 2.76. The Balaban J connectivity index is 1.73. The number of anilines is 2. The Morgan fingerprint density at radius 3 is 2.83 bits per heavy atom. The Labute approximate surface area is 138 Å². The first kappa shape index (κ1) is 13.8. The second-order valence-electron chi connectivity index (χ2n) is 5.15. The summed E-state index contributed by atoms with van der Waals surface area (Å²) in [6, 6.07) is 17.6. The fraction of sp³-hybridized carbons (Fsp3) is 0. The third-order valence-electron chi connectivity index (χ3n) is 3.61. The summed E-state index contributed by atoms with van der Waals surface area (Å²) in [7, 11) is 0. The summed E-state index contributed by atoms with van der Waals surface area (Å²) in [5.74, 6) is 0.539. The molecule has 0 aliphatic heterocycles. The van der Waals surface area contributed by atoms with E-state index >= 15 is 0 Å². The topological polar surface area (TPSA) is 53.6 Å². The monoisotopic (exact) mass is 320 g/mol. The van der Waals surface area contributed by atoms with E-state index in [1.807, 2.05) is 48.7 Å². The maximum absolute atomic E-state index is 6.01. The summed E-state index contributed by atoms with van der Waals surface area (Å²) < 4.78 is 0. The third-order valence-corrected chi connectivity index (χ3v) is 3.84. The SMILES string of the molecule is Clc1cccc(Nc2nccc(-c3cccc4[nH]ccc34)n2)c1. The van der Waals surface area contributed by atoms with Gasteiger partial charge in [-0.3, -0.25) is 0 Å². The number of fused-ring (bicyclic) bond motifs is 1. The Hall–Kier alpha value is -2.85. The van der Waals surface area contributed by atoms with Gasteiger partial charge in [-0.05, 0) is 36.4 Å². The van der Waals surface area contributed by atoms with Crippen molar-refractivity contribution in [1.82, 2.24) is 15.0 Å². The molecule has 2 aromatic carbocycles. The highest BCUT2D eigenvalue weighted by Crippen LogP contribution is 2.27. The zero-order chi connectivity index (χ0) is 15.6. The molecule has 112 valence electrons. The molecule has 0 amide bonds. The van der Waals surface area contributed by atoms with E-state index in [4.69, 9.17) is 11.6 Å². The summed E-state index contributed by atoms with van der Waals surface area (Å²) in [6.07, 6.45) is 3.68. The van der Waals surface area contributed by atoms with E-state index < -0.39 is 0 Å². The molecule has 2 N–H and O–H groups in total. The van der Waals surface area contributed by atoms with E-state index in [2.05, 4.69) is 32.4 Å². The average Bonchev–Trinajstić information content (AvgIpc) is 3.03. The number of H-pyrrole nitrogens is 1. The van der Waals surface area contributed by atoms with Gasteiger partial charge in [0, 0.05) is 39.6 Å². The summed E-state index contributed by atoms with van der Waals surface area (Å²) in [4.78, 5) is 12.1. The molecule has 0 radical (unpaired) electrons. The minimum atomic E-state index is 0.539. The Morgan fingerprint density at radius 2 is 1.91 bits per heavy atom. The number of nitrogens with zero attached hydrogens (tertiary/aromatic N) is 2. The highest BCUT2D eigenvalue weighted by molar-refractivity contribution is 6.30. The smallest absolute Gasteiger partial charge is 0.227 e. The minimum absolute atomic E-state index is 0.539. The van der Waals surface area contributed by atoms with Gasteiger partial charge in [-0.15, -0.1) is 0 Å². The van der Waals surface area contributed by atoms with E-state index in [0.717, 1.165) is 27.8 Å². The normalized spacial score (nSPS) is 10.8. The van der Waals surface area contributed by atoms with Crippen LogP contribution < -0.4 is 5.32 Å². The maximum atomic E-state index is 6.01. The van der Waals surface area contributed by atoms with Gasteiger partial charge in [0.1, 0.15) is 0 Å². The Bertz CT molecular complexity index is 977. The fourth-order valence-electron chi connectivity index (χ4n) is 2.57. The van der Waals surface area contributed by atoms with Crippen LogP contribution in [0.5, 0.6) is 0 Å². The molecule has 23 heavy (non-hydrogen) atoms. The lowest BCUT2D eigenvalue weighted by Crippen LogP contribution is -1.97. The third kappa shape index (κ3) is 2.76. The zero-order valence-electron chi connectivity index (χ0n) is 12.1. The van der Waals surface area contributed by atoms with Crippen LogP contribution in [0, 0.1) is 0 Å². The highest BCUT2D eigenvalue weighted by Gasteiger charge is 2.07. The number of aromatic nitrogens is 3. The van der Waals surface area contributed by atoms with Crippen molar-refractivity contribution in [3.05, 3.63) is 72.0 Å². The minimum Gasteiger partial charge on any atom is -0.361 e. The van der Waals surface area contributed by atoms with E-state index in [0.29, 0.717) is 11.0 Å². The Morgan fingerprint density at radius 1 is 1.00 bits per heavy atom. The molecule has 0 saturated heterocycles. The predicted octanol–water partition coefficient (Wildman–Crippen LogP) is 5.02. The van der Waals surface area contributed by atoms with Crippen LogP contribution in [0.15, 0.2) is 67.0 Å². The van der Waals surface area contributed by atoms with E-state index in [1.54, 1.807) is 6.20 Å². The van der Waals surface area contributed by atoms with Crippen LogP contribution in [0.1, 0.15) is 0 Å². The maximum Gasteiger partial charge on any atom is 0.227 e. The molecule has 0 bridgehead atoms. The molecule has 0 spiro atoms. The number of benzene rings is 2. The standard InChI is InChI=1S/C18H13ClN4/c19-12-3-1-4-13(11-12)22-18-21-10-8-17(23-18)14-5-2-6-16-15(14)7-9-20-16/h1-11,20H,(H,21,22,23). The van der Waals surface area contributed by atoms with Crippen LogP contribution in [-0.2, 0) is 0 Å². The zero-order valence-corrected chi connectivity index (χ0v) is 12.9. The summed E-state index contributed by atoms with van der Waals surface area (Å²) >= 11 is 6.01. The Kier molecular flexibility index (Phi) is 3.44. The van der Waals surface area contributed by atoms with Gasteiger partial charge < -0.3 is 10.3 Å². The van der Waals surface area contributed by atoms with Crippen LogP contribution >= 0.6 is 11.6 Å². The number of nitrogens with one attached hydrogen (secondary N) is 2. The molecule has 4 rings (SSSR count). The second-order valence-corrected chi connectivity index (χ2v) is 5.58. The number of aromatic amines is 1. The molecule has 0 fully saturated rings. The summed E-state index contributed by atoms with van der Waals surface area (Å²) in [6.45, 7) is 0. The lowest BCUT2D eigenvalue weighted by atomic mass is 10.1. The van der Waals surface area contributed by atoms with Crippen molar-refractivity contribution < 1.29 is 0 Å². The van der Waals surface area contributed by atoms with Crippen molar-refractivity contribution in [2.24, 2.45) is 0 Å². The lowest BCUT2D eigenvalue weighted by molar-refractivity contribution is 1.17. The van der Waals surface area contributed by atoms with Crippen molar-refractivity contribution in [1.29, 1.82) is 0 Å². The lowest BCUT2D eigenvalue weighted by Gasteiger charge is -2.07. The van der Waals surface area contributed by atoms with Gasteiger partial charge in [0.25, 0.3) is 0 Å². The van der Waals surface area contributed by atoms with Crippen molar-refractivity contribution >= 4 is 34.1 Å². The molecule has 2 heterocycles. The van der Waals surface area contributed by atoms with E-state index in [1.165, 1.54) is 0 Å². The van der Waals surface area contributed by atoms with Gasteiger partial charge >= 0.3 is 0 Å². The van der Waals surface area contributed by atoms with E-state index in [-0.39, 0.29) is 0 Å². The van der Waals surface area contributed by atoms with Crippen LogP contribution in [-0.4, -0.2) is 15.0 Å². The van der Waals surface area contributed by atoms with Crippen molar-refractivity contribution in [2.45, 2.75) is 0 Å². The van der Waals surface area contributed by atoms with Gasteiger partial charge in [0.05, 0.1) is 5.69 Å². The molecular weight excluding hydrogens is 308 g/mol. The largest absolute Gasteiger partial charge is 0.361 e. The van der Waals surface area contributed by atoms with Gasteiger partial charge in [0.15, 0.2) is 0 Å². The number of hydrogen-bond donors (Lipinski definition) is 2. The molecule has 4 aromatic rings. The van der Waals surface area contributed by atoms with Gasteiger partial charge in [-0.2, -0.15) is 0 Å². The number of rotatable bonds is 3. The first-order valence-corrected chi connectivity index (χ1v) is 7.59. The number of hydrogen-bond acceptors (Lipinski definition) is 3. The first-order chi connectivity index (χ1) is 11.3. The molecule has 0 saturated carbocycles. The van der Waals surface area contributed by atoms with Gasteiger partial charge in [-0.1, -0.05) is 29.8 Å². The second kappa shape index (κ2) is 5.74. The summed E-state index contributed by atoms with van der Waals surface area (Å²) in [5, 5.41) is 4.99. The molecule has 0 aliphatic rings. The van der Waals surface area contributed by atoms with Crippen molar-refractivity contribution in [3.8, 4) is 11.3 Å². The van der Waals surface area contributed by atoms with Crippen LogP contribution in [0.4, 0.5) is 11.6 Å². The molecule has 0 atom stereocenters. The molecule has 0 unspecified atom stereocenters. The molecule has 0 aliphatic carbocycles. The van der Waals surface area contributed by atoms with Crippen LogP contribution in [0.25, 0.3) is 22.2 Å². The van der Waals surface area contributed by atoms with Gasteiger partial charge in [0.2, 0.25) is 5.95 Å². The van der Waals surface area contributed by atoms with Gasteiger partial charge in [-0.25, -0.2) is 9.97 Å². The molecule has 5 heteroatoms. The molecule has 4 nitrogen and oxygen atoms in total. The average molecular weight is 321 g/mol. The highest BCUT2D eigenvalue weighted by atomic mass is 35.5. The van der Waals surface area contributed by atoms with Crippen LogP contribution in [0.3, 0.4) is 0 Å². The predicted molar refractivity (Wildman–Crippen MR) is 94.1 cm³/mol. The van der Waals surface area contributed by atoms with E-state index in [9.17, 15) is 0 Å². The quantitative estimate of drug-likeness (QED) is 0.557.